The van der Waals surface area contributed by atoms with Gasteiger partial charge in [0, 0.05) is 6.61 Å². The molecule has 1 aliphatic carbocycles. The van der Waals surface area contributed by atoms with Crippen LogP contribution in [0.25, 0.3) is 0 Å². The molecule has 1 aromatic carbocycles. The average molecular weight is 372 g/mol. The van der Waals surface area contributed by atoms with E-state index in [1.807, 2.05) is 0 Å². The van der Waals surface area contributed by atoms with Crippen LogP contribution >= 0.6 is 0 Å². The van der Waals surface area contributed by atoms with Gasteiger partial charge in [0.1, 0.15) is 17.9 Å². The number of carbonyl (C=O) groups excluding carboxylic acids is 2. The predicted molar refractivity (Wildman–Crippen MR) is 96.1 cm³/mol. The molecule has 0 spiro atoms. The third kappa shape index (κ3) is 5.20. The van der Waals surface area contributed by atoms with Gasteiger partial charge in [0.25, 0.3) is 5.91 Å². The number of esters is 1. The highest BCUT2D eigenvalue weighted by molar-refractivity contribution is 5.91. The van der Waals surface area contributed by atoms with Crippen LogP contribution in [-0.4, -0.2) is 43.3 Å². The van der Waals surface area contributed by atoms with Crippen molar-refractivity contribution >= 4 is 11.9 Å². The zero-order valence-corrected chi connectivity index (χ0v) is 15.2. The molecule has 1 aromatic rings. The first-order chi connectivity index (χ1) is 13.1. The second-order valence-electron chi connectivity index (χ2n) is 7.00. The molecule has 2 fully saturated rings. The third-order valence-corrected chi connectivity index (χ3v) is 4.93. The SMILES string of the molecule is N#CC1(NC(=O)COC(=O)c2ccc(OC[C@H]3CCCO3)cc2)CCCC1. The number of ether oxygens (including phenoxy) is 3. The topological polar surface area (TPSA) is 97.7 Å². The summed E-state index contributed by atoms with van der Waals surface area (Å²) >= 11 is 0. The first kappa shape index (κ1) is 19.2. The Morgan fingerprint density at radius 2 is 1.96 bits per heavy atom. The van der Waals surface area contributed by atoms with Crippen molar-refractivity contribution in [1.82, 2.24) is 5.32 Å². The van der Waals surface area contributed by atoms with Crippen molar-refractivity contribution in [1.29, 1.82) is 5.26 Å². The molecule has 144 valence electrons. The lowest BCUT2D eigenvalue weighted by Gasteiger charge is -2.21. The van der Waals surface area contributed by atoms with E-state index in [9.17, 15) is 14.9 Å². The Hall–Kier alpha value is -2.59. The van der Waals surface area contributed by atoms with Crippen molar-refractivity contribution in [2.24, 2.45) is 0 Å². The lowest BCUT2D eigenvalue weighted by Crippen LogP contribution is -2.46. The smallest absolute Gasteiger partial charge is 0.338 e. The van der Waals surface area contributed by atoms with Crippen molar-refractivity contribution in [3.8, 4) is 11.8 Å². The van der Waals surface area contributed by atoms with Crippen LogP contribution in [-0.2, 0) is 14.3 Å². The van der Waals surface area contributed by atoms with Crippen molar-refractivity contribution in [2.75, 3.05) is 19.8 Å². The highest BCUT2D eigenvalue weighted by Gasteiger charge is 2.35. The van der Waals surface area contributed by atoms with Crippen LogP contribution in [0.4, 0.5) is 0 Å². The van der Waals surface area contributed by atoms with Crippen LogP contribution in [0.15, 0.2) is 24.3 Å². The van der Waals surface area contributed by atoms with Gasteiger partial charge in [-0.05, 0) is 62.8 Å². The molecule has 1 atom stereocenters. The number of amides is 1. The molecular weight excluding hydrogens is 348 g/mol. The molecule has 7 nitrogen and oxygen atoms in total. The first-order valence-electron chi connectivity index (χ1n) is 9.34. The summed E-state index contributed by atoms with van der Waals surface area (Å²) in [6, 6.07) is 8.74. The van der Waals surface area contributed by atoms with Crippen molar-refractivity contribution in [3.05, 3.63) is 29.8 Å². The van der Waals surface area contributed by atoms with E-state index in [0.29, 0.717) is 30.8 Å². The van der Waals surface area contributed by atoms with E-state index >= 15 is 0 Å². The average Bonchev–Trinajstić information content (AvgIpc) is 3.37. The monoisotopic (exact) mass is 372 g/mol. The summed E-state index contributed by atoms with van der Waals surface area (Å²) in [5.41, 5.74) is -0.478. The fraction of sp³-hybridized carbons (Fsp3) is 0.550. The summed E-state index contributed by atoms with van der Waals surface area (Å²) in [7, 11) is 0. The van der Waals surface area contributed by atoms with Crippen LogP contribution < -0.4 is 10.1 Å². The number of benzene rings is 1. The molecule has 1 saturated heterocycles. The van der Waals surface area contributed by atoms with E-state index in [0.717, 1.165) is 32.3 Å². The van der Waals surface area contributed by atoms with E-state index in [1.165, 1.54) is 0 Å². The van der Waals surface area contributed by atoms with Crippen molar-refractivity contribution in [3.63, 3.8) is 0 Å². The van der Waals surface area contributed by atoms with Crippen LogP contribution in [0.2, 0.25) is 0 Å². The Bertz CT molecular complexity index is 698. The van der Waals surface area contributed by atoms with Crippen molar-refractivity contribution in [2.45, 2.75) is 50.2 Å². The van der Waals surface area contributed by atoms with E-state index in [4.69, 9.17) is 14.2 Å². The van der Waals surface area contributed by atoms with Crippen LogP contribution in [0.3, 0.4) is 0 Å². The molecule has 7 heteroatoms. The fourth-order valence-corrected chi connectivity index (χ4v) is 3.41. The first-order valence-corrected chi connectivity index (χ1v) is 9.34. The van der Waals surface area contributed by atoms with Gasteiger partial charge in [-0.25, -0.2) is 4.79 Å². The maximum atomic E-state index is 12.1. The molecule has 0 bridgehead atoms. The number of rotatable bonds is 7. The van der Waals surface area contributed by atoms with Gasteiger partial charge in [-0.3, -0.25) is 4.79 Å². The number of hydrogen-bond donors (Lipinski definition) is 1. The van der Waals surface area contributed by atoms with E-state index in [1.54, 1.807) is 24.3 Å². The number of nitriles is 1. The van der Waals surface area contributed by atoms with Gasteiger partial charge in [0.05, 0.1) is 17.7 Å². The van der Waals surface area contributed by atoms with Gasteiger partial charge in [-0.15, -0.1) is 0 Å². The predicted octanol–water partition coefficient (Wildman–Crippen LogP) is 2.35. The molecule has 3 rings (SSSR count). The molecule has 1 N–H and O–H groups in total. The highest BCUT2D eigenvalue weighted by Crippen LogP contribution is 2.28. The number of nitrogens with zero attached hydrogens (tertiary/aromatic N) is 1. The van der Waals surface area contributed by atoms with Gasteiger partial charge in [-0.2, -0.15) is 5.26 Å². The zero-order valence-electron chi connectivity index (χ0n) is 15.2. The minimum atomic E-state index is -0.814. The standard InChI is InChI=1S/C20H24N2O5/c21-14-20(9-1-2-10-20)22-18(23)13-27-19(24)15-5-7-16(8-6-15)26-12-17-4-3-11-25-17/h5-8,17H,1-4,9-13H2,(H,22,23)/t17-/m1/s1. The van der Waals surface area contributed by atoms with Gasteiger partial charge >= 0.3 is 5.97 Å². The molecule has 2 aliphatic rings. The summed E-state index contributed by atoms with van der Waals surface area (Å²) in [6.45, 7) is 0.867. The summed E-state index contributed by atoms with van der Waals surface area (Å²) in [6.07, 6.45) is 5.28. The summed E-state index contributed by atoms with van der Waals surface area (Å²) in [5, 5.41) is 12.0. The lowest BCUT2D eigenvalue weighted by atomic mass is 10.00. The van der Waals surface area contributed by atoms with Crippen LogP contribution in [0.5, 0.6) is 5.75 Å². The molecule has 27 heavy (non-hydrogen) atoms. The maximum Gasteiger partial charge on any atom is 0.338 e. The molecule has 1 aliphatic heterocycles. The molecule has 1 amide bonds. The Morgan fingerprint density at radius 3 is 2.59 bits per heavy atom. The maximum absolute atomic E-state index is 12.1. The second kappa shape index (κ2) is 8.87. The molecule has 0 aromatic heterocycles. The molecule has 0 radical (unpaired) electrons. The molecular formula is C20H24N2O5. The minimum absolute atomic E-state index is 0.129. The molecule has 0 unspecified atom stereocenters. The summed E-state index contributed by atoms with van der Waals surface area (Å²) in [5.74, 6) is -0.395. The Labute approximate surface area is 158 Å². The molecule has 1 saturated carbocycles. The van der Waals surface area contributed by atoms with Gasteiger partial charge in [-0.1, -0.05) is 0 Å². The molecule has 1 heterocycles. The van der Waals surface area contributed by atoms with E-state index in [2.05, 4.69) is 11.4 Å². The quantitative estimate of drug-likeness (QED) is 0.738. The Kier molecular flexibility index (Phi) is 6.30. The van der Waals surface area contributed by atoms with E-state index in [-0.39, 0.29) is 6.10 Å². The van der Waals surface area contributed by atoms with Gasteiger partial charge in [0.15, 0.2) is 6.61 Å². The van der Waals surface area contributed by atoms with Gasteiger partial charge < -0.3 is 19.5 Å². The van der Waals surface area contributed by atoms with Gasteiger partial charge in [0.2, 0.25) is 0 Å². The second-order valence-corrected chi connectivity index (χ2v) is 7.00. The minimum Gasteiger partial charge on any atom is -0.491 e. The Balaban J connectivity index is 1.43. The largest absolute Gasteiger partial charge is 0.491 e. The zero-order chi connectivity index (χ0) is 19.1. The summed E-state index contributed by atoms with van der Waals surface area (Å²) < 4.78 is 16.2. The number of hydrogen-bond acceptors (Lipinski definition) is 6. The normalized spacial score (nSPS) is 20.6. The highest BCUT2D eigenvalue weighted by atomic mass is 16.5. The fourth-order valence-electron chi connectivity index (χ4n) is 3.41. The summed E-state index contributed by atoms with van der Waals surface area (Å²) in [4.78, 5) is 24.1. The number of nitrogens with one attached hydrogen (secondary N) is 1. The van der Waals surface area contributed by atoms with E-state index < -0.39 is 24.0 Å². The lowest BCUT2D eigenvalue weighted by molar-refractivity contribution is -0.125. The third-order valence-electron chi connectivity index (χ3n) is 4.93. The Morgan fingerprint density at radius 1 is 1.22 bits per heavy atom. The van der Waals surface area contributed by atoms with Crippen LogP contribution in [0, 0.1) is 11.3 Å². The van der Waals surface area contributed by atoms with Crippen molar-refractivity contribution < 1.29 is 23.8 Å². The number of carbonyl (C=O) groups is 2. The van der Waals surface area contributed by atoms with Crippen LogP contribution in [0.1, 0.15) is 48.9 Å².